The highest BCUT2D eigenvalue weighted by Crippen LogP contribution is 2.27. The van der Waals surface area contributed by atoms with Gasteiger partial charge in [0.05, 0.1) is 0 Å². The normalized spacial score (nSPS) is 14.3. The lowest BCUT2D eigenvalue weighted by atomic mass is 10.0. The number of anilines is 1. The van der Waals surface area contributed by atoms with Crippen molar-refractivity contribution in [2.45, 2.75) is 25.9 Å². The van der Waals surface area contributed by atoms with Crippen LogP contribution in [0.3, 0.4) is 0 Å². The molecule has 0 spiro atoms. The summed E-state index contributed by atoms with van der Waals surface area (Å²) in [5.41, 5.74) is 2.04. The number of nitrogens with zero attached hydrogens (tertiary/aromatic N) is 1. The number of halogens is 1. The van der Waals surface area contributed by atoms with Gasteiger partial charge in [-0.1, -0.05) is 40.2 Å². The minimum absolute atomic E-state index is 0.215. The van der Waals surface area contributed by atoms with Crippen molar-refractivity contribution in [3.8, 4) is 5.75 Å². The minimum Gasteiger partial charge on any atom is -0.482 e. The highest BCUT2D eigenvalue weighted by molar-refractivity contribution is 9.10. The molecular weight excluding hydrogens is 398 g/mol. The number of rotatable bonds is 5. The molecule has 26 heavy (non-hydrogen) atoms. The molecule has 0 saturated carbocycles. The molecule has 1 heterocycles. The third kappa shape index (κ3) is 4.43. The van der Waals surface area contributed by atoms with Gasteiger partial charge in [-0.05, 0) is 49.6 Å². The average Bonchev–Trinajstić information content (AvgIpc) is 2.65. The van der Waals surface area contributed by atoms with Gasteiger partial charge in [-0.2, -0.15) is 0 Å². The van der Waals surface area contributed by atoms with Crippen LogP contribution in [0, 0.1) is 0 Å². The summed E-state index contributed by atoms with van der Waals surface area (Å²) in [5.74, 6) is -0.232. The second-order valence-electron chi connectivity index (χ2n) is 6.10. The van der Waals surface area contributed by atoms with Crippen LogP contribution >= 0.6 is 15.9 Å². The van der Waals surface area contributed by atoms with Gasteiger partial charge in [0, 0.05) is 16.7 Å². The molecule has 2 aromatic rings. The molecule has 0 saturated heterocycles. The monoisotopic (exact) mass is 417 g/mol. The van der Waals surface area contributed by atoms with Gasteiger partial charge in [0.25, 0.3) is 5.91 Å². The number of fused-ring (bicyclic) bond motifs is 1. The van der Waals surface area contributed by atoms with Crippen LogP contribution in [0.1, 0.15) is 18.9 Å². The predicted molar refractivity (Wildman–Crippen MR) is 102 cm³/mol. The summed E-state index contributed by atoms with van der Waals surface area (Å²) < 4.78 is 11.5. The topological polar surface area (TPSA) is 55.8 Å². The van der Waals surface area contributed by atoms with Crippen LogP contribution in [0.5, 0.6) is 5.75 Å². The first-order chi connectivity index (χ1) is 12.5. The van der Waals surface area contributed by atoms with Crippen LogP contribution in [0.2, 0.25) is 0 Å². The SMILES string of the molecule is CC(OC(=O)COc1cccc(Br)c1)C(=O)N1CCCc2ccccc21. The molecule has 136 valence electrons. The lowest BCUT2D eigenvalue weighted by Gasteiger charge is -2.31. The van der Waals surface area contributed by atoms with E-state index in [0.717, 1.165) is 28.6 Å². The number of ether oxygens (including phenoxy) is 2. The van der Waals surface area contributed by atoms with E-state index in [4.69, 9.17) is 9.47 Å². The largest absolute Gasteiger partial charge is 0.482 e. The van der Waals surface area contributed by atoms with E-state index >= 15 is 0 Å². The third-order valence-corrected chi connectivity index (χ3v) is 4.68. The molecule has 6 heteroatoms. The van der Waals surface area contributed by atoms with Gasteiger partial charge in [-0.15, -0.1) is 0 Å². The number of aryl methyl sites for hydroxylation is 1. The zero-order valence-electron chi connectivity index (χ0n) is 14.5. The fourth-order valence-corrected chi connectivity index (χ4v) is 3.34. The molecule has 0 N–H and O–H groups in total. The Morgan fingerprint density at radius 3 is 2.81 bits per heavy atom. The minimum atomic E-state index is -0.861. The summed E-state index contributed by atoms with van der Waals surface area (Å²) in [5, 5.41) is 0. The maximum absolute atomic E-state index is 12.7. The van der Waals surface area contributed by atoms with Crippen LogP contribution in [0.25, 0.3) is 0 Å². The van der Waals surface area contributed by atoms with Gasteiger partial charge in [0.15, 0.2) is 12.7 Å². The molecule has 0 aliphatic carbocycles. The smallest absolute Gasteiger partial charge is 0.344 e. The number of hydrogen-bond donors (Lipinski definition) is 0. The number of carbonyl (C=O) groups excluding carboxylic acids is 2. The number of esters is 1. The summed E-state index contributed by atoms with van der Waals surface area (Å²) in [6.45, 7) is 1.98. The fourth-order valence-electron chi connectivity index (χ4n) is 2.96. The van der Waals surface area contributed by atoms with Crippen LogP contribution < -0.4 is 9.64 Å². The van der Waals surface area contributed by atoms with Crippen LogP contribution in [0.4, 0.5) is 5.69 Å². The lowest BCUT2D eigenvalue weighted by molar-refractivity contribution is -0.155. The maximum atomic E-state index is 12.7. The summed E-state index contributed by atoms with van der Waals surface area (Å²) >= 11 is 3.34. The highest BCUT2D eigenvalue weighted by Gasteiger charge is 2.28. The molecule has 0 bridgehead atoms. The molecular formula is C20H20BrNO4. The van der Waals surface area contributed by atoms with Gasteiger partial charge >= 0.3 is 5.97 Å². The Labute approximate surface area is 161 Å². The molecule has 0 radical (unpaired) electrons. The summed E-state index contributed by atoms with van der Waals surface area (Å²) in [4.78, 5) is 26.4. The van der Waals surface area contributed by atoms with E-state index in [-0.39, 0.29) is 12.5 Å². The average molecular weight is 418 g/mol. The Bertz CT molecular complexity index is 808. The zero-order valence-corrected chi connectivity index (χ0v) is 16.1. The summed E-state index contributed by atoms with van der Waals surface area (Å²) in [6, 6.07) is 15.0. The van der Waals surface area contributed by atoms with Crippen molar-refractivity contribution in [1.82, 2.24) is 0 Å². The molecule has 1 atom stereocenters. The van der Waals surface area contributed by atoms with Gasteiger partial charge in [0.2, 0.25) is 0 Å². The summed E-state index contributed by atoms with van der Waals surface area (Å²) in [7, 11) is 0. The number of hydrogen-bond acceptors (Lipinski definition) is 4. The molecule has 2 aromatic carbocycles. The van der Waals surface area contributed by atoms with Gasteiger partial charge in [-0.25, -0.2) is 4.79 Å². The Balaban J connectivity index is 1.57. The van der Waals surface area contributed by atoms with Crippen LogP contribution in [-0.4, -0.2) is 31.1 Å². The van der Waals surface area contributed by atoms with Crippen molar-refractivity contribution in [3.63, 3.8) is 0 Å². The number of amides is 1. The van der Waals surface area contributed by atoms with E-state index in [0.29, 0.717) is 12.3 Å². The van der Waals surface area contributed by atoms with E-state index in [1.807, 2.05) is 36.4 Å². The van der Waals surface area contributed by atoms with E-state index < -0.39 is 12.1 Å². The second kappa shape index (κ2) is 8.36. The quantitative estimate of drug-likeness (QED) is 0.695. The standard InChI is InChI=1S/C20H20BrNO4/c1-14(26-19(23)13-25-17-9-4-8-16(21)12-17)20(24)22-11-5-7-15-6-2-3-10-18(15)22/h2-4,6,8-10,12,14H,5,7,11,13H2,1H3. The Morgan fingerprint density at radius 2 is 2.00 bits per heavy atom. The van der Waals surface area contributed by atoms with Crippen LogP contribution in [-0.2, 0) is 20.7 Å². The first-order valence-corrected chi connectivity index (χ1v) is 9.31. The van der Waals surface area contributed by atoms with Gasteiger partial charge in [-0.3, -0.25) is 4.79 Å². The van der Waals surface area contributed by atoms with E-state index in [1.165, 1.54) is 0 Å². The van der Waals surface area contributed by atoms with Crippen molar-refractivity contribution >= 4 is 33.5 Å². The Morgan fingerprint density at radius 1 is 1.19 bits per heavy atom. The van der Waals surface area contributed by atoms with Gasteiger partial charge < -0.3 is 14.4 Å². The highest BCUT2D eigenvalue weighted by atomic mass is 79.9. The zero-order chi connectivity index (χ0) is 18.5. The molecule has 3 rings (SSSR count). The van der Waals surface area contributed by atoms with E-state index in [1.54, 1.807) is 24.0 Å². The lowest BCUT2D eigenvalue weighted by Crippen LogP contribution is -2.43. The molecule has 1 aliphatic rings. The van der Waals surface area contributed by atoms with Gasteiger partial charge in [0.1, 0.15) is 5.75 Å². The molecule has 1 aliphatic heterocycles. The number of para-hydroxylation sites is 1. The molecule has 1 unspecified atom stereocenters. The van der Waals surface area contributed by atoms with Crippen molar-refractivity contribution in [2.75, 3.05) is 18.1 Å². The Kier molecular flexibility index (Phi) is 5.93. The van der Waals surface area contributed by atoms with Crippen molar-refractivity contribution in [3.05, 3.63) is 58.6 Å². The molecule has 5 nitrogen and oxygen atoms in total. The van der Waals surface area contributed by atoms with E-state index in [9.17, 15) is 9.59 Å². The summed E-state index contributed by atoms with van der Waals surface area (Å²) in [6.07, 6.45) is 0.990. The predicted octanol–water partition coefficient (Wildman–Crippen LogP) is 3.74. The second-order valence-corrected chi connectivity index (χ2v) is 7.02. The maximum Gasteiger partial charge on any atom is 0.344 e. The number of benzene rings is 2. The molecule has 0 fully saturated rings. The van der Waals surface area contributed by atoms with Crippen molar-refractivity contribution < 1.29 is 19.1 Å². The molecule has 0 aromatic heterocycles. The third-order valence-electron chi connectivity index (χ3n) is 4.19. The Hall–Kier alpha value is -2.34. The first-order valence-electron chi connectivity index (χ1n) is 8.52. The van der Waals surface area contributed by atoms with Crippen molar-refractivity contribution in [2.24, 2.45) is 0 Å². The van der Waals surface area contributed by atoms with Crippen molar-refractivity contribution in [1.29, 1.82) is 0 Å². The first kappa shape index (κ1) is 18.5. The molecule has 1 amide bonds. The fraction of sp³-hybridized carbons (Fsp3) is 0.300. The van der Waals surface area contributed by atoms with E-state index in [2.05, 4.69) is 15.9 Å². The van der Waals surface area contributed by atoms with Crippen LogP contribution in [0.15, 0.2) is 53.0 Å². The number of carbonyl (C=O) groups is 2.